The van der Waals surface area contributed by atoms with E-state index in [4.69, 9.17) is 23.7 Å². The molecule has 2 saturated heterocycles. The average Bonchev–Trinajstić information content (AvgIpc) is 4.02. The minimum Gasteiger partial charge on any atom is -0.490 e. The van der Waals surface area contributed by atoms with Crippen LogP contribution in [0.25, 0.3) is 0 Å². The Bertz CT molecular complexity index is 1480. The van der Waals surface area contributed by atoms with E-state index < -0.39 is 0 Å². The highest BCUT2D eigenvalue weighted by atomic mass is 16.6. The van der Waals surface area contributed by atoms with Gasteiger partial charge < -0.3 is 23.7 Å². The van der Waals surface area contributed by atoms with E-state index in [9.17, 15) is 0 Å². The van der Waals surface area contributed by atoms with Gasteiger partial charge in [-0.2, -0.15) is 0 Å². The van der Waals surface area contributed by atoms with Gasteiger partial charge in [-0.25, -0.2) is 0 Å². The lowest BCUT2D eigenvalue weighted by Gasteiger charge is -2.24. The van der Waals surface area contributed by atoms with Crippen molar-refractivity contribution in [3.05, 3.63) is 145 Å². The van der Waals surface area contributed by atoms with E-state index in [0.717, 1.165) is 45.1 Å². The van der Waals surface area contributed by atoms with Gasteiger partial charge in [0.2, 0.25) is 0 Å². The van der Waals surface area contributed by atoms with Crippen molar-refractivity contribution < 1.29 is 23.7 Å². The van der Waals surface area contributed by atoms with E-state index in [0.29, 0.717) is 26.4 Å². The lowest BCUT2D eigenvalue weighted by molar-refractivity contribution is -0.0419. The first-order valence-electron chi connectivity index (χ1n) is 15.0. The molecule has 0 aliphatic carbocycles. The van der Waals surface area contributed by atoms with E-state index in [1.54, 1.807) is 12.2 Å². The molecule has 0 aromatic heterocycles. The van der Waals surface area contributed by atoms with E-state index >= 15 is 0 Å². The first-order valence-corrected chi connectivity index (χ1v) is 15.0. The fourth-order valence-electron chi connectivity index (χ4n) is 4.79. The number of ether oxygens (including phenoxy) is 5. The highest BCUT2D eigenvalue weighted by Gasteiger charge is 2.42. The van der Waals surface area contributed by atoms with Gasteiger partial charge in [0.1, 0.15) is 49.1 Å². The van der Waals surface area contributed by atoms with Crippen molar-refractivity contribution in [1.82, 2.24) is 0 Å². The average molecular weight is 601 g/mol. The van der Waals surface area contributed by atoms with Crippen LogP contribution in [0.4, 0.5) is 11.4 Å². The molecule has 0 amide bonds. The Morgan fingerprint density at radius 3 is 1.31 bits per heavy atom. The number of rotatable bonds is 16. The van der Waals surface area contributed by atoms with Crippen LogP contribution in [-0.4, -0.2) is 51.1 Å². The van der Waals surface area contributed by atoms with Crippen LogP contribution in [0, 0.1) is 0 Å². The summed E-state index contributed by atoms with van der Waals surface area (Å²) in [6.07, 6.45) is 6.74. The van der Waals surface area contributed by atoms with Gasteiger partial charge in [-0.1, -0.05) is 49.6 Å². The lowest BCUT2D eigenvalue weighted by atomic mass is 10.0. The molecule has 0 bridgehead atoms. The Morgan fingerprint density at radius 1 is 0.600 bits per heavy atom. The highest BCUT2D eigenvalue weighted by Crippen LogP contribution is 2.41. The quantitative estimate of drug-likeness (QED) is 0.0742. The minimum atomic E-state index is -0.212. The normalized spacial score (nSPS) is 18.4. The summed E-state index contributed by atoms with van der Waals surface area (Å²) in [6, 6.07) is 31.9. The fourth-order valence-corrected chi connectivity index (χ4v) is 4.79. The van der Waals surface area contributed by atoms with Gasteiger partial charge in [-0.15, -0.1) is 0 Å². The molecule has 2 aliphatic heterocycles. The van der Waals surface area contributed by atoms with Gasteiger partial charge in [0.15, 0.2) is 0 Å². The molecule has 4 unspecified atom stereocenters. The summed E-state index contributed by atoms with van der Waals surface area (Å²) in [7, 11) is 0. The Labute approximate surface area is 264 Å². The van der Waals surface area contributed by atoms with Gasteiger partial charge in [0.05, 0.1) is 24.6 Å². The maximum absolute atomic E-state index is 6.72. The second-order valence-corrected chi connectivity index (χ2v) is 10.8. The van der Waals surface area contributed by atoms with Crippen molar-refractivity contribution >= 4 is 23.8 Å². The molecule has 7 nitrogen and oxygen atoms in total. The molecule has 4 aromatic rings. The number of benzene rings is 4. The van der Waals surface area contributed by atoms with Crippen molar-refractivity contribution in [3.63, 3.8) is 0 Å². The van der Waals surface area contributed by atoms with Crippen LogP contribution in [0.15, 0.2) is 132 Å². The maximum atomic E-state index is 6.72. The minimum absolute atomic E-state index is 0.0138. The van der Waals surface area contributed by atoms with Gasteiger partial charge in [-0.05, 0) is 95.1 Å². The molecule has 7 heteroatoms. The van der Waals surface area contributed by atoms with Gasteiger partial charge in [0, 0.05) is 12.4 Å². The van der Waals surface area contributed by atoms with Crippen LogP contribution in [0.3, 0.4) is 0 Å². The van der Waals surface area contributed by atoms with E-state index in [2.05, 4.69) is 47.4 Å². The van der Waals surface area contributed by atoms with E-state index in [1.165, 1.54) is 0 Å². The summed E-state index contributed by atoms with van der Waals surface area (Å²) in [5.74, 6) is 1.61. The van der Waals surface area contributed by atoms with Crippen LogP contribution in [0.5, 0.6) is 11.5 Å². The number of hydrogen-bond acceptors (Lipinski definition) is 7. The third-order valence-corrected chi connectivity index (χ3v) is 7.35. The molecule has 2 heterocycles. The van der Waals surface area contributed by atoms with Crippen molar-refractivity contribution in [3.8, 4) is 11.5 Å². The monoisotopic (exact) mass is 600 g/mol. The van der Waals surface area contributed by atoms with Crippen molar-refractivity contribution in [2.45, 2.75) is 24.4 Å². The Balaban J connectivity index is 1.09. The third-order valence-electron chi connectivity index (χ3n) is 7.35. The third kappa shape index (κ3) is 8.64. The zero-order valence-electron chi connectivity index (χ0n) is 25.0. The second kappa shape index (κ2) is 14.8. The van der Waals surface area contributed by atoms with Crippen LogP contribution in [0.1, 0.15) is 34.5 Å². The molecular formula is C38H36N2O5. The summed E-state index contributed by atoms with van der Waals surface area (Å²) >= 11 is 0. The second-order valence-electron chi connectivity index (χ2n) is 10.8. The molecule has 0 spiro atoms. The number of hydrogen-bond donors (Lipinski definition) is 0. The first kappa shape index (κ1) is 30.2. The highest BCUT2D eigenvalue weighted by molar-refractivity contribution is 5.82. The van der Waals surface area contributed by atoms with Gasteiger partial charge >= 0.3 is 0 Å². The van der Waals surface area contributed by atoms with Crippen LogP contribution < -0.4 is 9.47 Å². The molecule has 45 heavy (non-hydrogen) atoms. The SMILES string of the molecule is C=CCOc1ccc(C=Nc2ccc(C(OC(c3ccc(N=Cc4ccc(OCC=C)cc4)cc3)C3CO3)C3CO3)cc2)cc1. The number of aliphatic imine (C=N–C) groups is 2. The van der Waals surface area contributed by atoms with E-state index in [-0.39, 0.29) is 24.4 Å². The zero-order valence-corrected chi connectivity index (χ0v) is 25.0. The van der Waals surface area contributed by atoms with Crippen LogP contribution in [-0.2, 0) is 14.2 Å². The van der Waals surface area contributed by atoms with Gasteiger partial charge in [0.25, 0.3) is 0 Å². The molecule has 0 radical (unpaired) electrons. The molecule has 4 aromatic carbocycles. The first-order chi connectivity index (χ1) is 22.2. The van der Waals surface area contributed by atoms with Crippen LogP contribution >= 0.6 is 0 Å². The number of epoxide rings is 2. The molecule has 6 rings (SSSR count). The largest absolute Gasteiger partial charge is 0.490 e. The molecule has 2 aliphatic rings. The number of nitrogens with zero attached hydrogens (tertiary/aromatic N) is 2. The standard InChI is InChI=1S/C38H36N2O5/c1-3-21-41-33-17-5-27(6-18-33)23-39-31-13-9-29(10-14-31)37(35-25-43-35)45-38(36-26-44-36)30-11-15-32(16-12-30)40-24-28-7-19-34(20-8-28)42-22-4-2/h3-20,23-24,35-38H,1-2,21-22,25-26H2. The molecule has 4 atom stereocenters. The smallest absolute Gasteiger partial charge is 0.119 e. The molecule has 2 fully saturated rings. The lowest BCUT2D eigenvalue weighted by Crippen LogP contribution is -2.19. The molecular weight excluding hydrogens is 564 g/mol. The van der Waals surface area contributed by atoms with Crippen molar-refractivity contribution in [2.75, 3.05) is 26.4 Å². The summed E-state index contributed by atoms with van der Waals surface area (Å²) in [6.45, 7) is 9.65. The molecule has 0 saturated carbocycles. The molecule has 228 valence electrons. The predicted octanol–water partition coefficient (Wildman–Crippen LogP) is 7.91. The summed E-state index contributed by atoms with van der Waals surface area (Å²) < 4.78 is 29.2. The Kier molecular flexibility index (Phi) is 9.92. The van der Waals surface area contributed by atoms with Gasteiger partial charge in [-0.3, -0.25) is 9.98 Å². The maximum Gasteiger partial charge on any atom is 0.119 e. The fraction of sp³-hybridized carbons (Fsp3) is 0.211. The summed E-state index contributed by atoms with van der Waals surface area (Å²) in [5, 5.41) is 0. The Morgan fingerprint density at radius 2 is 0.978 bits per heavy atom. The predicted molar refractivity (Wildman–Crippen MR) is 178 cm³/mol. The topological polar surface area (TPSA) is 77.5 Å². The van der Waals surface area contributed by atoms with Crippen LogP contribution in [0.2, 0.25) is 0 Å². The van der Waals surface area contributed by atoms with Crippen molar-refractivity contribution in [2.24, 2.45) is 9.98 Å². The van der Waals surface area contributed by atoms with Crippen molar-refractivity contribution in [1.29, 1.82) is 0 Å². The zero-order chi connectivity index (χ0) is 30.8. The van der Waals surface area contributed by atoms with E-state index in [1.807, 2.05) is 85.2 Å². The summed E-state index contributed by atoms with van der Waals surface area (Å²) in [5.41, 5.74) is 5.80. The Hall–Kier alpha value is -4.82. The molecule has 0 N–H and O–H groups in total. The summed E-state index contributed by atoms with van der Waals surface area (Å²) in [4.78, 5) is 9.28.